The van der Waals surface area contributed by atoms with Crippen molar-refractivity contribution in [1.29, 1.82) is 0 Å². The first-order chi connectivity index (χ1) is 17.1. The highest BCUT2D eigenvalue weighted by atomic mass is 16.5. The van der Waals surface area contributed by atoms with Crippen LogP contribution in [0.5, 0.6) is 11.5 Å². The number of aromatic nitrogens is 4. The van der Waals surface area contributed by atoms with E-state index in [1.807, 2.05) is 25.2 Å². The molecule has 5 rings (SSSR count). The smallest absolute Gasteiger partial charge is 0.289 e. The van der Waals surface area contributed by atoms with Crippen LogP contribution in [0.3, 0.4) is 0 Å². The van der Waals surface area contributed by atoms with Crippen LogP contribution in [-0.4, -0.2) is 71.0 Å². The largest absolute Gasteiger partial charge is 0.497 e. The number of hydrogen-bond acceptors (Lipinski definition) is 9. The molecule has 0 atom stereocenters. The third kappa shape index (κ3) is 4.44. The molecule has 0 bridgehead atoms. The van der Waals surface area contributed by atoms with Crippen molar-refractivity contribution in [1.82, 2.24) is 24.6 Å². The van der Waals surface area contributed by atoms with Crippen molar-refractivity contribution in [2.45, 2.75) is 6.54 Å². The summed E-state index contributed by atoms with van der Waals surface area (Å²) in [5.41, 5.74) is 1.67. The maximum Gasteiger partial charge on any atom is 0.289 e. The highest BCUT2D eigenvalue weighted by molar-refractivity contribution is 5.91. The summed E-state index contributed by atoms with van der Waals surface area (Å²) in [6, 6.07) is 9.08. The predicted molar refractivity (Wildman–Crippen MR) is 130 cm³/mol. The molecule has 4 aromatic rings. The molecule has 1 N–H and O–H groups in total. The molecule has 1 amide bonds. The molecule has 1 aliphatic heterocycles. The fourth-order valence-electron chi connectivity index (χ4n) is 4.15. The van der Waals surface area contributed by atoms with Crippen molar-refractivity contribution >= 4 is 28.7 Å². The van der Waals surface area contributed by atoms with E-state index in [1.54, 1.807) is 42.1 Å². The van der Waals surface area contributed by atoms with Crippen molar-refractivity contribution in [3.05, 3.63) is 54.1 Å². The van der Waals surface area contributed by atoms with Gasteiger partial charge in [0.15, 0.2) is 11.4 Å². The molecule has 1 aliphatic rings. The van der Waals surface area contributed by atoms with Gasteiger partial charge in [-0.2, -0.15) is 15.1 Å². The third-order valence-corrected chi connectivity index (χ3v) is 6.10. The van der Waals surface area contributed by atoms with E-state index >= 15 is 0 Å². The molecule has 35 heavy (non-hydrogen) atoms. The van der Waals surface area contributed by atoms with E-state index in [4.69, 9.17) is 23.9 Å². The van der Waals surface area contributed by atoms with Gasteiger partial charge in [0.05, 0.1) is 32.1 Å². The third-order valence-electron chi connectivity index (χ3n) is 6.10. The molecule has 0 radical (unpaired) electrons. The number of ether oxygens (including phenoxy) is 2. The first-order valence-electron chi connectivity index (χ1n) is 11.3. The second-order valence-electron chi connectivity index (χ2n) is 8.17. The molecule has 0 saturated carbocycles. The van der Waals surface area contributed by atoms with Gasteiger partial charge in [0, 0.05) is 45.3 Å². The summed E-state index contributed by atoms with van der Waals surface area (Å²) in [6.07, 6.45) is 3.26. The van der Waals surface area contributed by atoms with Crippen LogP contribution in [0.2, 0.25) is 0 Å². The quantitative estimate of drug-likeness (QED) is 0.429. The van der Waals surface area contributed by atoms with Crippen LogP contribution in [0.1, 0.15) is 16.1 Å². The average molecular weight is 478 g/mol. The number of carbonyl (C=O) groups is 1. The Morgan fingerprint density at radius 3 is 2.66 bits per heavy atom. The molecule has 0 aliphatic carbocycles. The summed E-state index contributed by atoms with van der Waals surface area (Å²) in [4.78, 5) is 26.1. The Bertz CT molecular complexity index is 1330. The number of benzene rings is 1. The van der Waals surface area contributed by atoms with Gasteiger partial charge in [-0.15, -0.1) is 0 Å². The van der Waals surface area contributed by atoms with E-state index in [0.717, 1.165) is 28.1 Å². The van der Waals surface area contributed by atoms with Gasteiger partial charge in [-0.1, -0.05) is 0 Å². The van der Waals surface area contributed by atoms with Gasteiger partial charge in [-0.3, -0.25) is 9.48 Å². The van der Waals surface area contributed by atoms with Crippen LogP contribution in [0.15, 0.2) is 47.2 Å². The number of amides is 1. The minimum absolute atomic E-state index is 0.104. The van der Waals surface area contributed by atoms with E-state index in [2.05, 4.69) is 15.3 Å². The highest BCUT2D eigenvalue weighted by Crippen LogP contribution is 2.28. The summed E-state index contributed by atoms with van der Waals surface area (Å²) in [7, 11) is 5.13. The molecular formula is C24H27N7O4. The van der Waals surface area contributed by atoms with Crippen LogP contribution in [0, 0.1) is 0 Å². The van der Waals surface area contributed by atoms with E-state index in [1.165, 1.54) is 6.26 Å². The van der Waals surface area contributed by atoms with Crippen LogP contribution in [0.4, 0.5) is 11.8 Å². The van der Waals surface area contributed by atoms with Crippen LogP contribution >= 0.6 is 0 Å². The van der Waals surface area contributed by atoms with Gasteiger partial charge in [-0.25, -0.2) is 0 Å². The fourth-order valence-corrected chi connectivity index (χ4v) is 4.15. The predicted octanol–water partition coefficient (Wildman–Crippen LogP) is 2.55. The number of aryl methyl sites for hydroxylation is 1. The number of fused-ring (bicyclic) bond motifs is 1. The minimum atomic E-state index is -0.104. The summed E-state index contributed by atoms with van der Waals surface area (Å²) in [6.45, 7) is 2.80. The van der Waals surface area contributed by atoms with Crippen molar-refractivity contribution in [2.75, 3.05) is 50.6 Å². The zero-order chi connectivity index (χ0) is 24.4. The Balaban J connectivity index is 1.36. The Hall–Kier alpha value is -4.28. The van der Waals surface area contributed by atoms with Crippen molar-refractivity contribution in [2.24, 2.45) is 7.05 Å². The molecule has 0 spiro atoms. The lowest BCUT2D eigenvalue weighted by Gasteiger charge is -2.34. The number of piperazine rings is 1. The number of furan rings is 1. The average Bonchev–Trinajstić information content (AvgIpc) is 3.57. The Morgan fingerprint density at radius 1 is 1.11 bits per heavy atom. The number of rotatable bonds is 7. The second kappa shape index (κ2) is 9.53. The van der Waals surface area contributed by atoms with Gasteiger partial charge in [-0.05, 0) is 30.3 Å². The molecule has 11 heteroatoms. The zero-order valence-electron chi connectivity index (χ0n) is 19.9. The Morgan fingerprint density at radius 2 is 1.94 bits per heavy atom. The molecule has 4 heterocycles. The number of nitrogens with one attached hydrogen (secondary N) is 1. The zero-order valence-corrected chi connectivity index (χ0v) is 19.9. The summed E-state index contributed by atoms with van der Waals surface area (Å²) in [5, 5.41) is 8.62. The second-order valence-corrected chi connectivity index (χ2v) is 8.17. The molecule has 182 valence electrons. The Kier molecular flexibility index (Phi) is 6.13. The topological polar surface area (TPSA) is 111 Å². The highest BCUT2D eigenvalue weighted by Gasteiger charge is 2.26. The SMILES string of the molecule is COc1ccc(OC)c(CNc2nc(N3CCN(C(=O)c4ccco4)CC3)nc3c2cnn3C)c1. The molecule has 1 saturated heterocycles. The Labute approximate surface area is 202 Å². The van der Waals surface area contributed by atoms with Crippen LogP contribution in [-0.2, 0) is 13.6 Å². The van der Waals surface area contributed by atoms with Crippen molar-refractivity contribution < 1.29 is 18.7 Å². The molecule has 1 fully saturated rings. The number of methoxy groups -OCH3 is 2. The summed E-state index contributed by atoms with van der Waals surface area (Å²) < 4.78 is 17.9. The first kappa shape index (κ1) is 22.5. The van der Waals surface area contributed by atoms with Gasteiger partial charge in [0.25, 0.3) is 5.91 Å². The fraction of sp³-hybridized carbons (Fsp3) is 0.333. The van der Waals surface area contributed by atoms with E-state index in [-0.39, 0.29) is 5.91 Å². The summed E-state index contributed by atoms with van der Waals surface area (Å²) in [5.74, 6) is 3.02. The summed E-state index contributed by atoms with van der Waals surface area (Å²) >= 11 is 0. The normalized spacial score (nSPS) is 13.8. The maximum absolute atomic E-state index is 12.6. The number of carbonyl (C=O) groups excluding carboxylic acids is 1. The van der Waals surface area contributed by atoms with E-state index in [9.17, 15) is 4.79 Å². The lowest BCUT2D eigenvalue weighted by Crippen LogP contribution is -2.49. The van der Waals surface area contributed by atoms with Crippen LogP contribution < -0.4 is 19.7 Å². The molecule has 0 unspecified atom stereocenters. The molecule has 1 aromatic carbocycles. The number of hydrogen-bond donors (Lipinski definition) is 1. The number of anilines is 2. The van der Waals surface area contributed by atoms with Gasteiger partial charge < -0.3 is 29.0 Å². The molecular weight excluding hydrogens is 450 g/mol. The maximum atomic E-state index is 12.6. The van der Waals surface area contributed by atoms with Gasteiger partial charge in [0.2, 0.25) is 5.95 Å². The first-order valence-corrected chi connectivity index (χ1v) is 11.3. The monoisotopic (exact) mass is 477 g/mol. The molecule has 3 aromatic heterocycles. The van der Waals surface area contributed by atoms with Crippen molar-refractivity contribution in [3.8, 4) is 11.5 Å². The lowest BCUT2D eigenvalue weighted by atomic mass is 10.2. The van der Waals surface area contributed by atoms with E-state index in [0.29, 0.717) is 50.3 Å². The van der Waals surface area contributed by atoms with Crippen LogP contribution in [0.25, 0.3) is 11.0 Å². The van der Waals surface area contributed by atoms with E-state index < -0.39 is 0 Å². The molecule has 11 nitrogen and oxygen atoms in total. The van der Waals surface area contributed by atoms with Gasteiger partial charge >= 0.3 is 0 Å². The lowest BCUT2D eigenvalue weighted by molar-refractivity contribution is 0.0714. The number of nitrogens with zero attached hydrogens (tertiary/aromatic N) is 6. The van der Waals surface area contributed by atoms with Crippen molar-refractivity contribution in [3.63, 3.8) is 0 Å². The minimum Gasteiger partial charge on any atom is -0.497 e. The standard InChI is InChI=1S/C24H27N7O4/c1-29-22-18(15-26-29)21(25-14-16-13-17(33-2)6-7-19(16)34-3)27-24(28-22)31-10-8-30(9-11-31)23(32)20-5-4-12-35-20/h4-7,12-13,15H,8-11,14H2,1-3H3,(H,25,27,28). The van der Waals surface area contributed by atoms with Gasteiger partial charge in [0.1, 0.15) is 17.3 Å².